The number of aryl methyl sites for hydroxylation is 2. The van der Waals surface area contributed by atoms with Crippen LogP contribution in [-0.2, 0) is 5.41 Å². The van der Waals surface area contributed by atoms with Crippen LogP contribution in [0.2, 0.25) is 0 Å². The third kappa shape index (κ3) is 3.82. The Morgan fingerprint density at radius 1 is 0.548 bits per heavy atom. The SMILES string of the molecule is Cc1cc(C(C)(C)c2cc(C)c(O)c(-c3ccccc3)c2)cc(-c2ccccc2)c1O. The van der Waals surface area contributed by atoms with Gasteiger partial charge in [-0.05, 0) is 59.4 Å². The molecule has 4 aromatic rings. The molecular weight excluding hydrogens is 380 g/mol. The summed E-state index contributed by atoms with van der Waals surface area (Å²) in [6, 6.07) is 28.3. The van der Waals surface area contributed by atoms with Crippen molar-refractivity contribution in [2.45, 2.75) is 33.1 Å². The number of hydrogen-bond acceptors (Lipinski definition) is 2. The van der Waals surface area contributed by atoms with E-state index in [2.05, 4.69) is 38.1 Å². The Balaban J connectivity index is 1.88. The van der Waals surface area contributed by atoms with Crippen LogP contribution < -0.4 is 0 Å². The molecule has 2 nitrogen and oxygen atoms in total. The summed E-state index contributed by atoms with van der Waals surface area (Å²) in [5, 5.41) is 21.5. The minimum Gasteiger partial charge on any atom is -0.507 e. The lowest BCUT2D eigenvalue weighted by atomic mass is 9.75. The zero-order chi connectivity index (χ0) is 22.2. The molecule has 0 unspecified atom stereocenters. The van der Waals surface area contributed by atoms with Gasteiger partial charge in [-0.1, -0.05) is 86.6 Å². The van der Waals surface area contributed by atoms with Gasteiger partial charge in [-0.2, -0.15) is 0 Å². The van der Waals surface area contributed by atoms with E-state index in [1.54, 1.807) is 0 Å². The van der Waals surface area contributed by atoms with Crippen LogP contribution in [0.5, 0.6) is 11.5 Å². The second-order valence-electron chi connectivity index (χ2n) is 8.74. The fourth-order valence-electron chi connectivity index (χ4n) is 4.12. The number of benzene rings is 4. The Hall–Kier alpha value is -3.52. The van der Waals surface area contributed by atoms with E-state index in [1.807, 2.05) is 74.5 Å². The van der Waals surface area contributed by atoms with Crippen molar-refractivity contribution in [1.29, 1.82) is 0 Å². The van der Waals surface area contributed by atoms with Gasteiger partial charge in [0.2, 0.25) is 0 Å². The second kappa shape index (κ2) is 7.96. The number of hydrogen-bond donors (Lipinski definition) is 2. The third-order valence-corrected chi connectivity index (χ3v) is 6.21. The first-order valence-corrected chi connectivity index (χ1v) is 10.6. The maximum atomic E-state index is 10.8. The molecule has 4 rings (SSSR count). The minimum absolute atomic E-state index is 0.317. The molecule has 0 fully saturated rings. The van der Waals surface area contributed by atoms with Crippen LogP contribution in [0.4, 0.5) is 0 Å². The van der Waals surface area contributed by atoms with Crippen molar-refractivity contribution >= 4 is 0 Å². The lowest BCUT2D eigenvalue weighted by Gasteiger charge is -2.29. The van der Waals surface area contributed by atoms with E-state index in [9.17, 15) is 10.2 Å². The van der Waals surface area contributed by atoms with E-state index >= 15 is 0 Å². The quantitative estimate of drug-likeness (QED) is 0.370. The Morgan fingerprint density at radius 3 is 1.26 bits per heavy atom. The maximum Gasteiger partial charge on any atom is 0.126 e. The molecule has 0 radical (unpaired) electrons. The molecule has 31 heavy (non-hydrogen) atoms. The highest BCUT2D eigenvalue weighted by Gasteiger charge is 2.27. The average Bonchev–Trinajstić information content (AvgIpc) is 2.78. The number of phenols is 2. The molecule has 0 saturated carbocycles. The van der Waals surface area contributed by atoms with E-state index in [4.69, 9.17) is 0 Å². The Bertz CT molecular complexity index is 1130. The highest BCUT2D eigenvalue weighted by Crippen LogP contribution is 2.42. The zero-order valence-electron chi connectivity index (χ0n) is 18.5. The topological polar surface area (TPSA) is 40.5 Å². The molecule has 0 saturated heterocycles. The van der Waals surface area contributed by atoms with Gasteiger partial charge in [-0.25, -0.2) is 0 Å². The normalized spacial score (nSPS) is 11.5. The average molecular weight is 409 g/mol. The summed E-state index contributed by atoms with van der Waals surface area (Å²) in [5.41, 5.74) is 7.26. The molecular formula is C29H28O2. The molecule has 0 bridgehead atoms. The lowest BCUT2D eigenvalue weighted by Crippen LogP contribution is -2.19. The van der Waals surface area contributed by atoms with Gasteiger partial charge in [0.1, 0.15) is 11.5 Å². The summed E-state index contributed by atoms with van der Waals surface area (Å²) in [6.45, 7) is 8.26. The lowest BCUT2D eigenvalue weighted by molar-refractivity contribution is 0.471. The highest BCUT2D eigenvalue weighted by atomic mass is 16.3. The van der Waals surface area contributed by atoms with Gasteiger partial charge >= 0.3 is 0 Å². The maximum absolute atomic E-state index is 10.8. The largest absolute Gasteiger partial charge is 0.507 e. The molecule has 2 N–H and O–H groups in total. The van der Waals surface area contributed by atoms with Gasteiger partial charge in [0, 0.05) is 16.5 Å². The first kappa shape index (κ1) is 20.7. The van der Waals surface area contributed by atoms with Crippen molar-refractivity contribution in [3.63, 3.8) is 0 Å². The predicted octanol–water partition coefficient (Wildman–Crippen LogP) is 7.37. The summed E-state index contributed by atoms with van der Waals surface area (Å²) in [7, 11) is 0. The van der Waals surface area contributed by atoms with Gasteiger partial charge < -0.3 is 10.2 Å². The number of aromatic hydroxyl groups is 2. The monoisotopic (exact) mass is 408 g/mol. The Kier molecular flexibility index (Phi) is 5.32. The van der Waals surface area contributed by atoms with Crippen LogP contribution >= 0.6 is 0 Å². The van der Waals surface area contributed by atoms with Crippen LogP contribution in [0.25, 0.3) is 22.3 Å². The van der Waals surface area contributed by atoms with Crippen molar-refractivity contribution in [2.75, 3.05) is 0 Å². The van der Waals surface area contributed by atoms with Gasteiger partial charge in [0.05, 0.1) is 0 Å². The van der Waals surface area contributed by atoms with Gasteiger partial charge in [-0.15, -0.1) is 0 Å². The van der Waals surface area contributed by atoms with E-state index < -0.39 is 0 Å². The Morgan fingerprint density at radius 2 is 0.903 bits per heavy atom. The van der Waals surface area contributed by atoms with Crippen molar-refractivity contribution < 1.29 is 10.2 Å². The molecule has 156 valence electrons. The van der Waals surface area contributed by atoms with Crippen LogP contribution in [0.1, 0.15) is 36.1 Å². The van der Waals surface area contributed by atoms with E-state index in [0.717, 1.165) is 44.5 Å². The molecule has 2 heteroatoms. The molecule has 0 spiro atoms. The van der Waals surface area contributed by atoms with Crippen molar-refractivity contribution in [3.8, 4) is 33.8 Å². The van der Waals surface area contributed by atoms with Gasteiger partial charge in [0.15, 0.2) is 0 Å². The third-order valence-electron chi connectivity index (χ3n) is 6.21. The van der Waals surface area contributed by atoms with Crippen molar-refractivity contribution in [1.82, 2.24) is 0 Å². The molecule has 0 aliphatic carbocycles. The molecule has 4 aromatic carbocycles. The first-order valence-electron chi connectivity index (χ1n) is 10.6. The van der Waals surface area contributed by atoms with Crippen LogP contribution in [0, 0.1) is 13.8 Å². The first-order chi connectivity index (χ1) is 14.8. The van der Waals surface area contributed by atoms with Crippen LogP contribution in [-0.4, -0.2) is 10.2 Å². The summed E-state index contributed by atoms with van der Waals surface area (Å²) in [4.78, 5) is 0. The summed E-state index contributed by atoms with van der Waals surface area (Å²) < 4.78 is 0. The van der Waals surface area contributed by atoms with E-state index in [0.29, 0.717) is 11.5 Å². The van der Waals surface area contributed by atoms with Crippen LogP contribution in [0.15, 0.2) is 84.9 Å². The fraction of sp³-hybridized carbons (Fsp3) is 0.172. The van der Waals surface area contributed by atoms with Gasteiger partial charge in [-0.3, -0.25) is 0 Å². The van der Waals surface area contributed by atoms with Gasteiger partial charge in [0.25, 0.3) is 0 Å². The van der Waals surface area contributed by atoms with Crippen molar-refractivity contribution in [3.05, 3.63) is 107 Å². The summed E-state index contributed by atoms with van der Waals surface area (Å²) in [5.74, 6) is 0.634. The highest BCUT2D eigenvalue weighted by molar-refractivity contribution is 5.75. The molecule has 0 aromatic heterocycles. The predicted molar refractivity (Wildman–Crippen MR) is 129 cm³/mol. The number of rotatable bonds is 4. The van der Waals surface area contributed by atoms with Crippen LogP contribution in [0.3, 0.4) is 0 Å². The minimum atomic E-state index is -0.329. The molecule has 0 heterocycles. The molecule has 0 amide bonds. The van der Waals surface area contributed by atoms with Crippen molar-refractivity contribution in [2.24, 2.45) is 0 Å². The molecule has 0 aliphatic heterocycles. The molecule has 0 aliphatic rings. The summed E-state index contributed by atoms with van der Waals surface area (Å²) >= 11 is 0. The standard InChI is InChI=1S/C29H28O2/c1-19-15-23(17-25(27(19)30)21-11-7-5-8-12-21)29(3,4)24-16-20(2)28(31)26(18-24)22-13-9-6-10-14-22/h5-18,30-31H,1-4H3. The zero-order valence-corrected chi connectivity index (χ0v) is 18.5. The Labute approximate surface area is 184 Å². The van der Waals surface area contributed by atoms with E-state index in [-0.39, 0.29) is 5.41 Å². The second-order valence-corrected chi connectivity index (χ2v) is 8.74. The van der Waals surface area contributed by atoms with E-state index in [1.165, 1.54) is 0 Å². The number of phenolic OH excluding ortho intramolecular Hbond substituents is 2. The summed E-state index contributed by atoms with van der Waals surface area (Å²) in [6.07, 6.45) is 0. The fourth-order valence-corrected chi connectivity index (χ4v) is 4.12. The smallest absolute Gasteiger partial charge is 0.126 e. The molecule has 0 atom stereocenters.